The molecule has 0 radical (unpaired) electrons. The lowest BCUT2D eigenvalue weighted by Gasteiger charge is -2.44. The molecule has 0 bridgehead atoms. The molecule has 2 unspecified atom stereocenters. The molecule has 2 aromatic carbocycles. The van der Waals surface area contributed by atoms with Crippen molar-refractivity contribution >= 4 is 0 Å². The number of hydrogen-bond acceptors (Lipinski definition) is 2. The van der Waals surface area contributed by atoms with Gasteiger partial charge in [0, 0.05) is 13.1 Å². The van der Waals surface area contributed by atoms with E-state index in [1.54, 1.807) is 0 Å². The maximum absolute atomic E-state index is 2.62. The summed E-state index contributed by atoms with van der Waals surface area (Å²) in [6.45, 7) is 2.42. The lowest BCUT2D eigenvalue weighted by Crippen LogP contribution is -2.44. The topological polar surface area (TPSA) is 6.48 Å². The molecule has 1 heterocycles. The van der Waals surface area contributed by atoms with Gasteiger partial charge in [0.1, 0.15) is 0 Å². The molecular weight excluding hydrogens is 292 g/mol. The van der Waals surface area contributed by atoms with Crippen molar-refractivity contribution in [2.45, 2.75) is 31.3 Å². The van der Waals surface area contributed by atoms with Gasteiger partial charge in [-0.1, -0.05) is 67.1 Å². The minimum Gasteiger partial charge on any atom is -0.297 e. The van der Waals surface area contributed by atoms with Crippen molar-refractivity contribution in [3.63, 3.8) is 0 Å². The van der Waals surface area contributed by atoms with Crippen molar-refractivity contribution in [2.75, 3.05) is 27.2 Å². The van der Waals surface area contributed by atoms with E-state index in [0.717, 1.165) is 0 Å². The highest BCUT2D eigenvalue weighted by molar-refractivity contribution is 5.28. The molecule has 1 aliphatic heterocycles. The first-order chi connectivity index (χ1) is 11.7. The van der Waals surface area contributed by atoms with Crippen molar-refractivity contribution in [3.05, 3.63) is 71.8 Å². The van der Waals surface area contributed by atoms with Crippen LogP contribution < -0.4 is 0 Å². The summed E-state index contributed by atoms with van der Waals surface area (Å²) in [6.07, 6.45) is 4.16. The van der Waals surface area contributed by atoms with Gasteiger partial charge in [-0.25, -0.2) is 0 Å². The van der Waals surface area contributed by atoms with Crippen LogP contribution >= 0.6 is 0 Å². The summed E-state index contributed by atoms with van der Waals surface area (Å²) >= 11 is 0. The lowest BCUT2D eigenvalue weighted by atomic mass is 9.68. The van der Waals surface area contributed by atoms with Crippen LogP contribution in [-0.4, -0.2) is 37.0 Å². The number of hydrogen-bond donors (Lipinski definition) is 0. The molecule has 2 aliphatic rings. The van der Waals surface area contributed by atoms with Gasteiger partial charge in [-0.3, -0.25) is 9.80 Å². The van der Waals surface area contributed by atoms with Gasteiger partial charge in [0.2, 0.25) is 0 Å². The van der Waals surface area contributed by atoms with Gasteiger partial charge in [0.25, 0.3) is 0 Å². The van der Waals surface area contributed by atoms with E-state index in [-0.39, 0.29) is 0 Å². The first kappa shape index (κ1) is 15.9. The summed E-state index contributed by atoms with van der Waals surface area (Å²) in [4.78, 5) is 5.24. The first-order valence-corrected chi connectivity index (χ1v) is 9.19. The summed E-state index contributed by atoms with van der Waals surface area (Å²) in [5, 5.41) is 0. The quantitative estimate of drug-likeness (QED) is 0.803. The Labute approximate surface area is 146 Å². The molecule has 0 aromatic heterocycles. The van der Waals surface area contributed by atoms with Crippen LogP contribution in [0.25, 0.3) is 0 Å². The third kappa shape index (κ3) is 2.78. The Bertz CT molecular complexity index is 607. The van der Waals surface area contributed by atoms with Crippen LogP contribution in [0.15, 0.2) is 60.7 Å². The second-order valence-corrected chi connectivity index (χ2v) is 7.89. The highest BCUT2D eigenvalue weighted by atomic mass is 15.3. The van der Waals surface area contributed by atoms with Gasteiger partial charge in [0.05, 0.1) is 12.1 Å². The summed E-state index contributed by atoms with van der Waals surface area (Å²) in [7, 11) is 4.65. The minimum absolute atomic E-state index is 0.401. The number of rotatable bonds is 2. The van der Waals surface area contributed by atoms with Crippen LogP contribution in [0.3, 0.4) is 0 Å². The maximum Gasteiger partial charge on any atom is 0.0543 e. The van der Waals surface area contributed by atoms with E-state index in [1.165, 1.54) is 43.5 Å². The number of benzene rings is 2. The molecule has 126 valence electrons. The van der Waals surface area contributed by atoms with Gasteiger partial charge in [-0.05, 0) is 43.5 Å². The second-order valence-electron chi connectivity index (χ2n) is 7.89. The molecule has 2 heteroatoms. The van der Waals surface area contributed by atoms with Crippen LogP contribution in [0, 0.1) is 5.41 Å². The Kier molecular flexibility index (Phi) is 4.19. The fourth-order valence-electron chi connectivity index (χ4n) is 4.95. The molecule has 2 atom stereocenters. The second kappa shape index (κ2) is 6.34. The van der Waals surface area contributed by atoms with E-state index in [4.69, 9.17) is 0 Å². The van der Waals surface area contributed by atoms with Crippen molar-refractivity contribution in [1.82, 2.24) is 9.80 Å². The molecule has 2 fully saturated rings. The summed E-state index contributed by atoms with van der Waals surface area (Å²) in [6, 6.07) is 22.9. The Morgan fingerprint density at radius 1 is 0.708 bits per heavy atom. The van der Waals surface area contributed by atoms with Crippen LogP contribution in [0.5, 0.6) is 0 Å². The van der Waals surface area contributed by atoms with E-state index < -0.39 is 0 Å². The zero-order valence-electron chi connectivity index (χ0n) is 14.9. The van der Waals surface area contributed by atoms with E-state index in [0.29, 0.717) is 17.5 Å². The van der Waals surface area contributed by atoms with Crippen molar-refractivity contribution in [2.24, 2.45) is 5.41 Å². The van der Waals surface area contributed by atoms with Crippen LogP contribution in [-0.2, 0) is 0 Å². The summed E-state index contributed by atoms with van der Waals surface area (Å²) in [5.74, 6) is 0. The van der Waals surface area contributed by atoms with Gasteiger partial charge < -0.3 is 0 Å². The van der Waals surface area contributed by atoms with E-state index >= 15 is 0 Å². The molecule has 0 N–H and O–H groups in total. The van der Waals surface area contributed by atoms with E-state index in [1.807, 2.05) is 0 Å². The molecule has 1 saturated carbocycles. The predicted octanol–water partition coefficient (Wildman–Crippen LogP) is 4.52. The minimum atomic E-state index is 0.401. The fraction of sp³-hybridized carbons (Fsp3) is 0.455. The van der Waals surface area contributed by atoms with Crippen LogP contribution in [0.1, 0.15) is 42.5 Å². The number of likely N-dealkylation sites (N-methyl/N-ethyl adjacent to an activating group) is 2. The fourth-order valence-corrected chi connectivity index (χ4v) is 4.95. The Morgan fingerprint density at radius 3 is 1.46 bits per heavy atom. The molecule has 24 heavy (non-hydrogen) atoms. The molecule has 1 aliphatic carbocycles. The average Bonchev–Trinajstić information content (AvgIpc) is 2.70. The van der Waals surface area contributed by atoms with Crippen LogP contribution in [0.2, 0.25) is 0 Å². The van der Waals surface area contributed by atoms with Crippen molar-refractivity contribution in [1.29, 1.82) is 0 Å². The molecule has 2 nitrogen and oxygen atoms in total. The van der Waals surface area contributed by atoms with Gasteiger partial charge in [-0.2, -0.15) is 0 Å². The first-order valence-electron chi connectivity index (χ1n) is 9.19. The Balaban J connectivity index is 1.78. The van der Waals surface area contributed by atoms with Crippen LogP contribution in [0.4, 0.5) is 0 Å². The van der Waals surface area contributed by atoms with E-state index in [9.17, 15) is 0 Å². The lowest BCUT2D eigenvalue weighted by molar-refractivity contribution is 0.0667. The monoisotopic (exact) mass is 320 g/mol. The van der Waals surface area contributed by atoms with Gasteiger partial charge in [0.15, 0.2) is 0 Å². The SMILES string of the molecule is CN1CC2(CCC2)CN(C)C(c2ccccc2)C1c1ccccc1. The smallest absolute Gasteiger partial charge is 0.0543 e. The zero-order chi connectivity index (χ0) is 16.6. The summed E-state index contributed by atoms with van der Waals surface area (Å²) < 4.78 is 0. The molecule has 2 aromatic rings. The molecule has 1 spiro atoms. The normalized spacial score (nSPS) is 27.6. The Hall–Kier alpha value is -1.64. The molecular formula is C22H28N2. The summed E-state index contributed by atoms with van der Waals surface area (Å²) in [5.41, 5.74) is 3.36. The van der Waals surface area contributed by atoms with Crippen molar-refractivity contribution in [3.8, 4) is 0 Å². The van der Waals surface area contributed by atoms with Gasteiger partial charge in [-0.15, -0.1) is 0 Å². The largest absolute Gasteiger partial charge is 0.297 e. The van der Waals surface area contributed by atoms with Crippen molar-refractivity contribution < 1.29 is 0 Å². The highest BCUT2D eigenvalue weighted by Gasteiger charge is 2.46. The zero-order valence-corrected chi connectivity index (χ0v) is 14.9. The standard InChI is InChI=1S/C22H28N2/c1-23-16-22(14-9-15-22)17-24(2)21(19-12-7-4-8-13-19)20(23)18-10-5-3-6-11-18/h3-8,10-13,20-21H,9,14-17H2,1-2H3. The maximum atomic E-state index is 2.62. The third-order valence-corrected chi connectivity index (χ3v) is 6.11. The Morgan fingerprint density at radius 2 is 1.12 bits per heavy atom. The third-order valence-electron chi connectivity index (χ3n) is 6.11. The average molecular weight is 320 g/mol. The molecule has 4 rings (SSSR count). The molecule has 1 saturated heterocycles. The van der Waals surface area contributed by atoms with E-state index in [2.05, 4.69) is 84.6 Å². The highest BCUT2D eigenvalue weighted by Crippen LogP contribution is 2.49. The molecule has 0 amide bonds. The number of nitrogens with zero attached hydrogens (tertiary/aromatic N) is 2. The van der Waals surface area contributed by atoms with Gasteiger partial charge >= 0.3 is 0 Å². The predicted molar refractivity (Wildman–Crippen MR) is 99.9 cm³/mol.